The van der Waals surface area contributed by atoms with Crippen LogP contribution in [0.1, 0.15) is 72.5 Å². The number of benzene rings is 1. The zero-order valence-electron chi connectivity index (χ0n) is 22.7. The number of carbonyl (C=O) groups excluding carboxylic acids is 2. The van der Waals surface area contributed by atoms with Gasteiger partial charge in [-0.3, -0.25) is 19.4 Å². The Kier molecular flexibility index (Phi) is 8.11. The maximum atomic E-state index is 13.2. The van der Waals surface area contributed by atoms with Gasteiger partial charge in [-0.2, -0.15) is 0 Å². The molecule has 204 valence electrons. The number of rotatable bonds is 7. The summed E-state index contributed by atoms with van der Waals surface area (Å²) in [6.07, 6.45) is 5.58. The maximum absolute atomic E-state index is 13.2. The number of hydrogen-bond donors (Lipinski definition) is 1. The summed E-state index contributed by atoms with van der Waals surface area (Å²) in [7, 11) is -0.524. The molecule has 1 aromatic carbocycles. The fourth-order valence-electron chi connectivity index (χ4n) is 5.88. The molecule has 1 aromatic rings. The van der Waals surface area contributed by atoms with Gasteiger partial charge in [-0.1, -0.05) is 19.8 Å². The largest absolute Gasteiger partial charge is 0.312 e. The Morgan fingerprint density at radius 2 is 1.76 bits per heavy atom. The molecule has 2 heterocycles. The number of amides is 2. The molecular formula is C27H40N4O5S. The van der Waals surface area contributed by atoms with Gasteiger partial charge in [0.2, 0.25) is 10.0 Å². The third kappa shape index (κ3) is 5.76. The van der Waals surface area contributed by atoms with E-state index in [4.69, 9.17) is 9.83 Å². The molecule has 1 aliphatic carbocycles. The first-order valence-corrected chi connectivity index (χ1v) is 14.9. The Morgan fingerprint density at radius 1 is 1.16 bits per heavy atom. The Bertz CT molecular complexity index is 1160. The van der Waals surface area contributed by atoms with Gasteiger partial charge in [-0.05, 0) is 80.7 Å². The number of aryl methyl sites for hydroxylation is 2. The highest BCUT2D eigenvalue weighted by atomic mass is 32.2. The monoisotopic (exact) mass is 532 g/mol. The van der Waals surface area contributed by atoms with Crippen LogP contribution in [-0.2, 0) is 26.1 Å². The molecule has 1 saturated heterocycles. The molecular weight excluding hydrogens is 492 g/mol. The van der Waals surface area contributed by atoms with Gasteiger partial charge in [0.25, 0.3) is 11.8 Å². The van der Waals surface area contributed by atoms with Crippen molar-refractivity contribution in [1.29, 1.82) is 0 Å². The number of nitrogens with zero attached hydrogens (tertiary/aromatic N) is 3. The van der Waals surface area contributed by atoms with Crippen LogP contribution >= 0.6 is 0 Å². The van der Waals surface area contributed by atoms with Gasteiger partial charge in [0.05, 0.1) is 12.9 Å². The van der Waals surface area contributed by atoms with Crippen molar-refractivity contribution in [2.45, 2.75) is 71.3 Å². The van der Waals surface area contributed by atoms with Crippen LogP contribution in [0.5, 0.6) is 0 Å². The number of nitrogens with one attached hydrogen (secondary N) is 1. The van der Waals surface area contributed by atoms with E-state index in [2.05, 4.69) is 12.2 Å². The number of carbonyl (C=O) groups is 2. The molecule has 37 heavy (non-hydrogen) atoms. The van der Waals surface area contributed by atoms with E-state index in [0.717, 1.165) is 59.2 Å². The standard InChI is InChI=1S/C27H40N4O5S/c1-18-6-8-21(9-7-18)24-28-26(33)27(29-24)11-13-31(14-12-27)37(34,35)15-10-23-19(2)16-22(17-20(23)3)25(32)30(4)36-5/h16-18,21H,6-15H2,1-5H3,(H,28,29,33). The third-order valence-electron chi connectivity index (χ3n) is 8.46. The van der Waals surface area contributed by atoms with Gasteiger partial charge in [-0.25, -0.2) is 17.8 Å². The first kappa shape index (κ1) is 27.7. The first-order valence-electron chi connectivity index (χ1n) is 13.3. The Labute approximate surface area is 220 Å². The summed E-state index contributed by atoms with van der Waals surface area (Å²) < 4.78 is 28.0. The topological polar surface area (TPSA) is 108 Å². The molecule has 0 unspecified atom stereocenters. The smallest absolute Gasteiger partial charge is 0.277 e. The normalized spacial score (nSPS) is 24.1. The van der Waals surface area contributed by atoms with Crippen molar-refractivity contribution >= 4 is 27.7 Å². The van der Waals surface area contributed by atoms with E-state index < -0.39 is 15.6 Å². The second kappa shape index (κ2) is 10.8. The van der Waals surface area contributed by atoms with Crippen molar-refractivity contribution in [1.82, 2.24) is 14.7 Å². The predicted molar refractivity (Wildman–Crippen MR) is 143 cm³/mol. The first-order chi connectivity index (χ1) is 17.5. The van der Waals surface area contributed by atoms with Crippen molar-refractivity contribution in [3.63, 3.8) is 0 Å². The molecule has 10 heteroatoms. The van der Waals surface area contributed by atoms with Gasteiger partial charge < -0.3 is 5.32 Å². The fourth-order valence-corrected chi connectivity index (χ4v) is 7.34. The molecule has 2 fully saturated rings. The van der Waals surface area contributed by atoms with Crippen LogP contribution in [0.25, 0.3) is 0 Å². The van der Waals surface area contributed by atoms with Gasteiger partial charge in [-0.15, -0.1) is 0 Å². The lowest BCUT2D eigenvalue weighted by Crippen LogP contribution is -2.51. The van der Waals surface area contributed by atoms with Crippen LogP contribution in [0, 0.1) is 25.7 Å². The summed E-state index contributed by atoms with van der Waals surface area (Å²) in [6.45, 7) is 6.64. The molecule has 1 saturated carbocycles. The molecule has 0 bridgehead atoms. The number of hydroxylamine groups is 2. The lowest BCUT2D eigenvalue weighted by Gasteiger charge is -2.34. The summed E-state index contributed by atoms with van der Waals surface area (Å²) in [5, 5.41) is 4.20. The van der Waals surface area contributed by atoms with E-state index >= 15 is 0 Å². The maximum Gasteiger partial charge on any atom is 0.277 e. The summed E-state index contributed by atoms with van der Waals surface area (Å²) in [5.74, 6) is 1.51. The number of piperidine rings is 1. The highest BCUT2D eigenvalue weighted by molar-refractivity contribution is 7.89. The minimum Gasteiger partial charge on any atom is -0.312 e. The van der Waals surface area contributed by atoms with Gasteiger partial charge in [0, 0.05) is 31.6 Å². The minimum absolute atomic E-state index is 0.0199. The van der Waals surface area contributed by atoms with Gasteiger partial charge in [0.1, 0.15) is 11.4 Å². The van der Waals surface area contributed by atoms with Crippen molar-refractivity contribution < 1.29 is 22.8 Å². The lowest BCUT2D eigenvalue weighted by molar-refractivity contribution is -0.125. The Balaban J connectivity index is 1.38. The van der Waals surface area contributed by atoms with Crippen LogP contribution in [0.15, 0.2) is 17.1 Å². The zero-order chi connectivity index (χ0) is 27.0. The SMILES string of the molecule is CON(C)C(=O)c1cc(C)c(CCS(=O)(=O)N2CCC3(CC2)N=C(C2CCC(C)CC2)NC3=O)c(C)c1. The highest BCUT2D eigenvalue weighted by Gasteiger charge is 2.48. The lowest BCUT2D eigenvalue weighted by atomic mass is 9.82. The van der Waals surface area contributed by atoms with Crippen molar-refractivity contribution in [3.8, 4) is 0 Å². The highest BCUT2D eigenvalue weighted by Crippen LogP contribution is 2.36. The van der Waals surface area contributed by atoms with E-state index in [9.17, 15) is 18.0 Å². The molecule has 2 aliphatic heterocycles. The second-order valence-electron chi connectivity index (χ2n) is 11.0. The van der Waals surface area contributed by atoms with Gasteiger partial charge >= 0.3 is 0 Å². The van der Waals surface area contributed by atoms with Crippen LogP contribution in [0.3, 0.4) is 0 Å². The summed E-state index contributed by atoms with van der Waals surface area (Å²) in [6, 6.07) is 3.55. The molecule has 0 radical (unpaired) electrons. The molecule has 9 nitrogen and oxygen atoms in total. The number of sulfonamides is 1. The van der Waals surface area contributed by atoms with E-state index in [0.29, 0.717) is 43.8 Å². The molecule has 0 atom stereocenters. The van der Waals surface area contributed by atoms with Crippen molar-refractivity contribution in [3.05, 3.63) is 34.4 Å². The van der Waals surface area contributed by atoms with E-state index in [-0.39, 0.29) is 17.6 Å². The number of hydrogen-bond acceptors (Lipinski definition) is 6. The van der Waals surface area contributed by atoms with Crippen LogP contribution in [0.2, 0.25) is 0 Å². The van der Waals surface area contributed by atoms with E-state index in [1.54, 1.807) is 19.2 Å². The summed E-state index contributed by atoms with van der Waals surface area (Å²) in [4.78, 5) is 35.2. The molecule has 1 spiro atoms. The number of amidine groups is 1. The molecule has 3 aliphatic rings. The average molecular weight is 533 g/mol. The van der Waals surface area contributed by atoms with Crippen LogP contribution in [0.4, 0.5) is 0 Å². The van der Waals surface area contributed by atoms with Crippen molar-refractivity contribution in [2.75, 3.05) is 33.0 Å². The predicted octanol–water partition coefficient (Wildman–Crippen LogP) is 3.00. The molecule has 2 amide bonds. The summed E-state index contributed by atoms with van der Waals surface area (Å²) in [5.41, 5.74) is 2.36. The van der Waals surface area contributed by atoms with Crippen molar-refractivity contribution in [2.24, 2.45) is 16.8 Å². The van der Waals surface area contributed by atoms with E-state index in [1.807, 2.05) is 13.8 Å². The number of aliphatic imine (C=N–C) groups is 1. The quantitative estimate of drug-likeness (QED) is 0.543. The third-order valence-corrected chi connectivity index (χ3v) is 10.3. The van der Waals surface area contributed by atoms with E-state index in [1.165, 1.54) is 11.4 Å². The van der Waals surface area contributed by atoms with Gasteiger partial charge in [0.15, 0.2) is 0 Å². The second-order valence-corrected chi connectivity index (χ2v) is 13.1. The molecule has 4 rings (SSSR count). The Hall–Kier alpha value is -2.30. The average Bonchev–Trinajstić information content (AvgIpc) is 3.18. The zero-order valence-corrected chi connectivity index (χ0v) is 23.5. The Morgan fingerprint density at radius 3 is 2.32 bits per heavy atom. The van der Waals surface area contributed by atoms with Crippen LogP contribution < -0.4 is 5.32 Å². The molecule has 0 aromatic heterocycles. The fraction of sp³-hybridized carbons (Fsp3) is 0.667. The minimum atomic E-state index is -3.50. The summed E-state index contributed by atoms with van der Waals surface area (Å²) >= 11 is 0. The van der Waals surface area contributed by atoms with Crippen LogP contribution in [-0.4, -0.2) is 74.0 Å². The molecule has 1 N–H and O–H groups in total.